The lowest BCUT2D eigenvalue weighted by molar-refractivity contribution is -0.148. The minimum absolute atomic E-state index is 0.0232. The maximum absolute atomic E-state index is 15.3. The average Bonchev–Trinajstić information content (AvgIpc) is 3.77. The van der Waals surface area contributed by atoms with E-state index in [9.17, 15) is 38.7 Å². The number of ether oxygens (including phenoxy) is 1. The summed E-state index contributed by atoms with van der Waals surface area (Å²) in [6.07, 6.45) is 3.21. The topological polar surface area (TPSA) is 210 Å². The van der Waals surface area contributed by atoms with Crippen LogP contribution in [0.5, 0.6) is 0 Å². The number of nitrogens with one attached hydrogen (secondary N) is 2. The summed E-state index contributed by atoms with van der Waals surface area (Å²) >= 11 is 1.56. The molecule has 2 aliphatic rings. The van der Waals surface area contributed by atoms with Gasteiger partial charge in [-0.3, -0.25) is 19.2 Å². The number of urea groups is 1. The number of anilines is 2. The minimum atomic E-state index is -1.38. The van der Waals surface area contributed by atoms with Crippen LogP contribution in [0.3, 0.4) is 0 Å². The van der Waals surface area contributed by atoms with Crippen molar-refractivity contribution in [2.45, 2.75) is 77.9 Å². The normalized spacial score (nSPS) is 15.7. The van der Waals surface area contributed by atoms with E-state index in [1.807, 2.05) is 23.8 Å². The van der Waals surface area contributed by atoms with Gasteiger partial charge in [-0.2, -0.15) is 11.3 Å². The number of Topliss-reactive ketones (excluding diaryl/α,β-unsaturated/α-hetero) is 2. The molecule has 4 amide bonds. The van der Waals surface area contributed by atoms with E-state index in [4.69, 9.17) is 10.5 Å². The van der Waals surface area contributed by atoms with Crippen LogP contribution >= 0.6 is 11.3 Å². The third-order valence-corrected chi connectivity index (χ3v) is 12.6. The Bertz CT molecular complexity index is 2340. The van der Waals surface area contributed by atoms with E-state index in [2.05, 4.69) is 10.6 Å². The third kappa shape index (κ3) is 10.3. The van der Waals surface area contributed by atoms with Crippen LogP contribution in [0, 0.1) is 17.2 Å². The van der Waals surface area contributed by atoms with Crippen molar-refractivity contribution in [3.63, 3.8) is 0 Å². The summed E-state index contributed by atoms with van der Waals surface area (Å²) in [6, 6.07) is 10.6. The lowest BCUT2D eigenvalue weighted by atomic mass is 9.60. The number of ketones is 2. The molecular formula is C44H51FN6O9S. The monoisotopic (exact) mass is 858 g/mol. The van der Waals surface area contributed by atoms with Crippen LogP contribution in [0.1, 0.15) is 86.2 Å². The van der Waals surface area contributed by atoms with Gasteiger partial charge in [0.1, 0.15) is 29.6 Å². The van der Waals surface area contributed by atoms with Crippen molar-refractivity contribution >= 4 is 69.2 Å². The molecule has 3 heterocycles. The van der Waals surface area contributed by atoms with E-state index in [0.29, 0.717) is 42.6 Å². The van der Waals surface area contributed by atoms with E-state index in [1.54, 1.807) is 52.0 Å². The highest BCUT2D eigenvalue weighted by Crippen LogP contribution is 2.46. The number of hydrogen-bond donors (Lipinski definition) is 4. The number of rotatable bonds is 18. The Kier molecular flexibility index (Phi) is 14.2. The number of piperazine rings is 1. The lowest BCUT2D eigenvalue weighted by Crippen LogP contribution is -2.49. The Morgan fingerprint density at radius 2 is 1.70 bits per heavy atom. The number of benzene rings is 2. The zero-order valence-corrected chi connectivity index (χ0v) is 35.1. The van der Waals surface area contributed by atoms with Crippen LogP contribution in [0.25, 0.3) is 10.9 Å². The lowest BCUT2D eigenvalue weighted by Gasteiger charge is -2.40. The number of primary amides is 1. The summed E-state index contributed by atoms with van der Waals surface area (Å²) in [5, 5.41) is 18.8. The number of fused-ring (bicyclic) bond motifs is 1. The Morgan fingerprint density at radius 3 is 2.31 bits per heavy atom. The quantitative estimate of drug-likeness (QED) is 0.0651. The fraction of sp³-hybridized carbons (Fsp3) is 0.432. The van der Waals surface area contributed by atoms with Crippen molar-refractivity contribution in [1.29, 1.82) is 0 Å². The van der Waals surface area contributed by atoms with Gasteiger partial charge in [-0.1, -0.05) is 25.5 Å². The molecule has 4 aromatic rings. The van der Waals surface area contributed by atoms with Crippen molar-refractivity contribution in [3.05, 3.63) is 92.2 Å². The van der Waals surface area contributed by atoms with Crippen LogP contribution in [0.2, 0.25) is 0 Å². The first-order chi connectivity index (χ1) is 29.2. The van der Waals surface area contributed by atoms with Crippen molar-refractivity contribution in [2.24, 2.45) is 17.1 Å². The third-order valence-electron chi connectivity index (χ3n) is 11.9. The highest BCUT2D eigenvalue weighted by molar-refractivity contribution is 7.08. The van der Waals surface area contributed by atoms with Crippen molar-refractivity contribution in [3.8, 4) is 0 Å². The first kappa shape index (κ1) is 44.5. The number of halogens is 1. The molecule has 0 radical (unpaired) electrons. The summed E-state index contributed by atoms with van der Waals surface area (Å²) < 4.78 is 22.5. The molecule has 2 atom stereocenters. The fourth-order valence-corrected chi connectivity index (χ4v) is 8.83. The van der Waals surface area contributed by atoms with Gasteiger partial charge in [-0.15, -0.1) is 0 Å². The summed E-state index contributed by atoms with van der Waals surface area (Å²) in [5.74, 6) is -3.55. The molecule has 1 aliphatic heterocycles. The molecule has 2 aromatic carbocycles. The number of aromatic nitrogens is 1. The van der Waals surface area contributed by atoms with Crippen LogP contribution < -0.4 is 26.7 Å². The zero-order chi connectivity index (χ0) is 43.8. The molecule has 324 valence electrons. The molecule has 0 bridgehead atoms. The van der Waals surface area contributed by atoms with Gasteiger partial charge in [0.05, 0.1) is 16.6 Å². The van der Waals surface area contributed by atoms with Crippen LogP contribution in [-0.2, 0) is 32.3 Å². The number of carbonyl (C=O) groups is 6. The molecule has 61 heavy (non-hydrogen) atoms. The predicted octanol–water partition coefficient (Wildman–Crippen LogP) is 6.27. The molecule has 6 rings (SSSR count). The fourth-order valence-electron chi connectivity index (χ4n) is 8.05. The average molecular weight is 859 g/mol. The second-order valence-corrected chi connectivity index (χ2v) is 16.6. The largest absolute Gasteiger partial charge is 0.477 e. The first-order valence-corrected chi connectivity index (χ1v) is 21.4. The SMILES string of the molecule is CCn1cc(C(=O)O)c(=O)c2cc(F)c(N3CCN(C(=O)OCc4ccc(NC(=O)[C@H](CCCNC(N)=O)CC(=O)C5(C(=O)C[C@@H](C)c6ccsc6)CCC5)cc4)CC3)cc21. The first-order valence-electron chi connectivity index (χ1n) is 20.5. The van der Waals surface area contributed by atoms with E-state index in [1.165, 1.54) is 17.2 Å². The summed E-state index contributed by atoms with van der Waals surface area (Å²) in [5.41, 5.74) is 5.76. The number of carbonyl (C=O) groups excluding carboxylic acids is 5. The molecule has 1 aliphatic carbocycles. The molecular weight excluding hydrogens is 808 g/mol. The molecule has 5 N–H and O–H groups in total. The predicted molar refractivity (Wildman–Crippen MR) is 228 cm³/mol. The summed E-state index contributed by atoms with van der Waals surface area (Å²) in [6.45, 7) is 5.37. The molecule has 2 aromatic heterocycles. The van der Waals surface area contributed by atoms with E-state index in [-0.39, 0.29) is 87.2 Å². The van der Waals surface area contributed by atoms with Crippen LogP contribution in [0.4, 0.5) is 25.4 Å². The van der Waals surface area contributed by atoms with E-state index < -0.39 is 52.1 Å². The molecule has 2 fully saturated rings. The molecule has 0 unspecified atom stereocenters. The summed E-state index contributed by atoms with van der Waals surface area (Å²) in [7, 11) is 0. The van der Waals surface area contributed by atoms with Crippen LogP contribution in [0.15, 0.2) is 64.2 Å². The number of carboxylic acid groups (broad SMARTS) is 1. The highest BCUT2D eigenvalue weighted by Gasteiger charge is 2.50. The van der Waals surface area contributed by atoms with Gasteiger partial charge in [-0.25, -0.2) is 18.8 Å². The van der Waals surface area contributed by atoms with Gasteiger partial charge in [0.25, 0.3) is 0 Å². The Hall–Kier alpha value is -6.10. The number of nitrogens with two attached hydrogens (primary N) is 1. The Balaban J connectivity index is 1.02. The maximum Gasteiger partial charge on any atom is 0.410 e. The van der Waals surface area contributed by atoms with Crippen molar-refractivity contribution < 1.29 is 43.0 Å². The van der Waals surface area contributed by atoms with Crippen molar-refractivity contribution in [1.82, 2.24) is 14.8 Å². The number of amides is 4. The molecule has 0 spiro atoms. The van der Waals surface area contributed by atoms with Gasteiger partial charge >= 0.3 is 18.1 Å². The maximum atomic E-state index is 15.3. The van der Waals surface area contributed by atoms with Gasteiger partial charge in [0.2, 0.25) is 11.3 Å². The van der Waals surface area contributed by atoms with Crippen molar-refractivity contribution in [2.75, 3.05) is 42.9 Å². The van der Waals surface area contributed by atoms with Gasteiger partial charge in [0.15, 0.2) is 0 Å². The van der Waals surface area contributed by atoms with Crippen LogP contribution in [-0.4, -0.2) is 82.9 Å². The number of aromatic carboxylic acids is 1. The Labute approximate surface area is 356 Å². The number of nitrogens with zero attached hydrogens (tertiary/aromatic N) is 3. The minimum Gasteiger partial charge on any atom is -0.477 e. The Morgan fingerprint density at radius 1 is 1.00 bits per heavy atom. The zero-order valence-electron chi connectivity index (χ0n) is 34.2. The number of thiophene rings is 1. The number of hydrogen-bond acceptors (Lipinski definition) is 10. The molecule has 17 heteroatoms. The smallest absolute Gasteiger partial charge is 0.410 e. The second kappa shape index (κ2) is 19.5. The molecule has 1 saturated carbocycles. The molecule has 1 saturated heterocycles. The second-order valence-electron chi connectivity index (χ2n) is 15.8. The standard InChI is InChI=1S/C44H51FN6O9S/c1-3-49-24-33(41(56)57)39(54)32-22-34(45)36(23-35(32)49)50-15-17-51(18-16-50)43(59)60-25-28-7-9-31(10-8-28)48-40(55)29(6-4-14-47-42(46)58)21-38(53)44(12-5-13-44)37(52)20-27(2)30-11-19-61-26-30/h7-11,19,22-24,26-27,29H,3-6,12-18,20-21,25H2,1-2H3,(H,48,55)(H,56,57)(H3,46,47,58)/t27-,29-/m1/s1. The van der Waals surface area contributed by atoms with E-state index in [0.717, 1.165) is 18.1 Å². The molecule has 15 nitrogen and oxygen atoms in total. The van der Waals surface area contributed by atoms with Gasteiger partial charge in [-0.05, 0) is 90.7 Å². The number of carboxylic acids is 1. The number of aryl methyl sites for hydroxylation is 1. The van der Waals surface area contributed by atoms with E-state index >= 15 is 4.39 Å². The number of pyridine rings is 1. The summed E-state index contributed by atoms with van der Waals surface area (Å²) in [4.78, 5) is 93.0. The highest BCUT2D eigenvalue weighted by atomic mass is 32.1. The van der Waals surface area contributed by atoms with Gasteiger partial charge in [0, 0.05) is 75.3 Å². The van der Waals surface area contributed by atoms with Gasteiger partial charge < -0.3 is 40.6 Å².